The molecule has 2 nitrogen and oxygen atoms in total. The molecule has 134 valence electrons. The summed E-state index contributed by atoms with van der Waals surface area (Å²) in [5, 5.41) is 2.45. The molecule has 0 saturated heterocycles. The number of carbonyl (C=O) groups excluding carboxylic acids is 1. The van der Waals surface area contributed by atoms with E-state index in [2.05, 4.69) is 5.32 Å². The highest BCUT2D eigenvalue weighted by atomic mass is 32.2. The van der Waals surface area contributed by atoms with Crippen LogP contribution in [0, 0.1) is 11.6 Å². The van der Waals surface area contributed by atoms with Crippen molar-refractivity contribution in [3.8, 4) is 0 Å². The van der Waals surface area contributed by atoms with Gasteiger partial charge in [-0.05, 0) is 63.1 Å². The van der Waals surface area contributed by atoms with E-state index in [4.69, 9.17) is 0 Å². The van der Waals surface area contributed by atoms with Gasteiger partial charge in [-0.2, -0.15) is 0 Å². The molecule has 0 heterocycles. The van der Waals surface area contributed by atoms with E-state index in [-0.39, 0.29) is 33.6 Å². The molecule has 1 amide bonds. The van der Waals surface area contributed by atoms with Gasteiger partial charge in [-0.1, -0.05) is 24.3 Å². The zero-order valence-corrected chi connectivity index (χ0v) is 15.7. The van der Waals surface area contributed by atoms with Crippen molar-refractivity contribution in [2.75, 3.05) is 0 Å². The van der Waals surface area contributed by atoms with Crippen molar-refractivity contribution in [3.63, 3.8) is 0 Å². The van der Waals surface area contributed by atoms with Crippen LogP contribution in [0.5, 0.6) is 0 Å². The number of thioether (sulfide) groups is 1. The fourth-order valence-electron chi connectivity index (χ4n) is 2.36. The van der Waals surface area contributed by atoms with Crippen molar-refractivity contribution in [1.29, 1.82) is 0 Å². The van der Waals surface area contributed by atoms with Gasteiger partial charge >= 0.3 is 0 Å². The van der Waals surface area contributed by atoms with E-state index in [1.165, 1.54) is 36.0 Å². The molecule has 0 fully saturated rings. The van der Waals surface area contributed by atoms with Gasteiger partial charge in [0.2, 0.25) is 5.91 Å². The predicted octanol–water partition coefficient (Wildman–Crippen LogP) is 5.09. The van der Waals surface area contributed by atoms with Gasteiger partial charge in [0.05, 0.1) is 10.5 Å². The van der Waals surface area contributed by atoms with Crippen molar-refractivity contribution in [2.24, 2.45) is 0 Å². The monoisotopic (exact) mass is 363 g/mol. The predicted molar refractivity (Wildman–Crippen MR) is 99.6 cm³/mol. The number of hydrogen-bond donors (Lipinski definition) is 1. The number of nitrogens with one attached hydrogen (secondary N) is 1. The molecule has 5 heteroatoms. The average molecular weight is 363 g/mol. The van der Waals surface area contributed by atoms with Crippen LogP contribution < -0.4 is 5.32 Å². The number of amides is 1. The first-order valence-electron chi connectivity index (χ1n) is 8.14. The molecule has 0 aromatic heterocycles. The Hall–Kier alpha value is -1.88. The molecule has 0 radical (unpaired) electrons. The summed E-state index contributed by atoms with van der Waals surface area (Å²) in [6.07, 6.45) is 0. The molecule has 0 spiro atoms. The lowest BCUT2D eigenvalue weighted by Gasteiger charge is -2.26. The first-order valence-corrected chi connectivity index (χ1v) is 9.08. The minimum Gasteiger partial charge on any atom is -0.351 e. The van der Waals surface area contributed by atoms with Gasteiger partial charge < -0.3 is 5.32 Å². The number of hydrogen-bond acceptors (Lipinski definition) is 2. The van der Waals surface area contributed by atoms with Crippen LogP contribution in [0.3, 0.4) is 0 Å². The third-order valence-corrected chi connectivity index (χ3v) is 4.99. The molecule has 1 unspecified atom stereocenters. The summed E-state index contributed by atoms with van der Waals surface area (Å²) in [5.74, 6) is -0.693. The van der Waals surface area contributed by atoms with Crippen LogP contribution >= 0.6 is 11.8 Å². The van der Waals surface area contributed by atoms with Crippen molar-refractivity contribution in [2.45, 2.75) is 43.7 Å². The molecule has 2 aromatic carbocycles. The molecule has 1 atom stereocenters. The molecule has 2 aromatic rings. The molecule has 0 aliphatic heterocycles. The Morgan fingerprint density at radius 2 is 1.32 bits per heavy atom. The first kappa shape index (κ1) is 19.4. The average Bonchev–Trinajstić information content (AvgIpc) is 2.53. The van der Waals surface area contributed by atoms with Gasteiger partial charge in [0, 0.05) is 5.54 Å². The van der Waals surface area contributed by atoms with E-state index in [1.54, 1.807) is 24.3 Å². The highest BCUT2D eigenvalue weighted by Crippen LogP contribution is 2.38. The molecule has 1 N–H and O–H groups in total. The van der Waals surface area contributed by atoms with E-state index in [9.17, 15) is 13.6 Å². The van der Waals surface area contributed by atoms with Crippen molar-refractivity contribution < 1.29 is 13.6 Å². The lowest BCUT2D eigenvalue weighted by Crippen LogP contribution is -2.44. The van der Waals surface area contributed by atoms with E-state index in [1.807, 2.05) is 27.7 Å². The summed E-state index contributed by atoms with van der Waals surface area (Å²) < 4.78 is 26.5. The van der Waals surface area contributed by atoms with Crippen LogP contribution in [0.1, 0.15) is 44.1 Å². The molecule has 0 aliphatic rings. The minimum atomic E-state index is -0.320. The minimum absolute atomic E-state index is 0.0632. The van der Waals surface area contributed by atoms with Gasteiger partial charge in [-0.15, -0.1) is 11.8 Å². The summed E-state index contributed by atoms with van der Waals surface area (Å²) in [6, 6.07) is 12.4. The fourth-order valence-corrected chi connectivity index (χ4v) is 3.58. The molecule has 0 saturated carbocycles. The maximum absolute atomic E-state index is 13.3. The summed E-state index contributed by atoms with van der Waals surface area (Å²) >= 11 is 1.45. The Labute approximate surface area is 152 Å². The maximum atomic E-state index is 13.3. The first-order chi connectivity index (χ1) is 11.7. The Morgan fingerprint density at radius 1 is 0.920 bits per heavy atom. The number of carbonyl (C=O) groups is 1. The van der Waals surface area contributed by atoms with E-state index in [0.717, 1.165) is 11.1 Å². The third-order valence-electron chi connectivity index (χ3n) is 3.55. The number of halogens is 2. The SMILES string of the molecule is CC(SC(c1ccc(F)cc1)c1ccc(F)cc1)C(=O)NC(C)(C)C. The number of rotatable bonds is 5. The second kappa shape index (κ2) is 8.00. The molecule has 2 rings (SSSR count). The van der Waals surface area contributed by atoms with Gasteiger partial charge in [0.15, 0.2) is 0 Å². The summed E-state index contributed by atoms with van der Waals surface area (Å²) in [5.41, 5.74) is 1.43. The third kappa shape index (κ3) is 5.85. The zero-order valence-electron chi connectivity index (χ0n) is 14.8. The second-order valence-electron chi connectivity index (χ2n) is 7.00. The normalized spacial score (nSPS) is 12.9. The topological polar surface area (TPSA) is 29.1 Å². The largest absolute Gasteiger partial charge is 0.351 e. The molecule has 25 heavy (non-hydrogen) atoms. The van der Waals surface area contributed by atoms with Gasteiger partial charge in [0.1, 0.15) is 11.6 Å². The second-order valence-corrected chi connectivity index (χ2v) is 8.45. The summed E-state index contributed by atoms with van der Waals surface area (Å²) in [6.45, 7) is 7.63. The van der Waals surface area contributed by atoms with Gasteiger partial charge in [-0.25, -0.2) is 8.78 Å². The van der Waals surface area contributed by atoms with Crippen LogP contribution in [-0.4, -0.2) is 16.7 Å². The highest BCUT2D eigenvalue weighted by molar-refractivity contribution is 8.01. The van der Waals surface area contributed by atoms with E-state index >= 15 is 0 Å². The van der Waals surface area contributed by atoms with Crippen molar-refractivity contribution >= 4 is 17.7 Å². The van der Waals surface area contributed by atoms with Crippen molar-refractivity contribution in [3.05, 3.63) is 71.3 Å². The van der Waals surface area contributed by atoms with Crippen LogP contribution in [0.2, 0.25) is 0 Å². The lowest BCUT2D eigenvalue weighted by atomic mass is 10.0. The number of benzene rings is 2. The van der Waals surface area contributed by atoms with Crippen LogP contribution in [0.4, 0.5) is 8.78 Å². The molecule has 0 aliphatic carbocycles. The zero-order chi connectivity index (χ0) is 18.6. The van der Waals surface area contributed by atoms with Crippen molar-refractivity contribution in [1.82, 2.24) is 5.32 Å². The van der Waals surface area contributed by atoms with Gasteiger partial charge in [0.25, 0.3) is 0 Å². The van der Waals surface area contributed by atoms with Crippen LogP contribution in [-0.2, 0) is 4.79 Å². The highest BCUT2D eigenvalue weighted by Gasteiger charge is 2.25. The summed E-state index contributed by atoms with van der Waals surface area (Å²) in [7, 11) is 0. The Morgan fingerprint density at radius 3 is 1.68 bits per heavy atom. The quantitative estimate of drug-likeness (QED) is 0.802. The summed E-state index contributed by atoms with van der Waals surface area (Å²) in [4.78, 5) is 12.4. The maximum Gasteiger partial charge on any atom is 0.233 e. The smallest absolute Gasteiger partial charge is 0.233 e. The Balaban J connectivity index is 2.27. The van der Waals surface area contributed by atoms with Crippen LogP contribution in [0.15, 0.2) is 48.5 Å². The Kier molecular flexibility index (Phi) is 6.22. The Bertz CT molecular complexity index is 662. The van der Waals surface area contributed by atoms with E-state index < -0.39 is 0 Å². The van der Waals surface area contributed by atoms with E-state index in [0.29, 0.717) is 0 Å². The molecular weight excluding hydrogens is 340 g/mol. The lowest BCUT2D eigenvalue weighted by molar-refractivity contribution is -0.121. The molecule has 0 bridgehead atoms. The van der Waals surface area contributed by atoms with Crippen LogP contribution in [0.25, 0.3) is 0 Å². The fraction of sp³-hybridized carbons (Fsp3) is 0.350. The van der Waals surface area contributed by atoms with Gasteiger partial charge in [-0.3, -0.25) is 4.79 Å². The molecular formula is C20H23F2NOS. The standard InChI is InChI=1S/C20H23F2NOS/c1-13(19(24)23-20(2,3)4)25-18(14-5-9-16(21)10-6-14)15-7-11-17(22)12-8-15/h5-13,18H,1-4H3,(H,23,24).